The van der Waals surface area contributed by atoms with Gasteiger partial charge in [-0.15, -0.1) is 24.0 Å². The standard InChI is InChI=1S/C19H31N5O2.HI/c1-3-20-19(23-11-10-22-18(25)16-6-7-16)24-14-15-4-8-17(9-5-15)21-12-13-26-2;/h4-5,8-9,16,21H,3,6-7,10-14H2,1-2H3,(H,22,25)(H2,20,23,24);1H. The van der Waals surface area contributed by atoms with Gasteiger partial charge in [-0.3, -0.25) is 4.79 Å². The number of halogens is 1. The molecule has 0 bridgehead atoms. The number of benzene rings is 1. The third kappa shape index (κ3) is 9.81. The third-order valence-corrected chi connectivity index (χ3v) is 4.02. The van der Waals surface area contributed by atoms with Crippen LogP contribution in [0.25, 0.3) is 0 Å². The highest BCUT2D eigenvalue weighted by atomic mass is 127. The number of hydrogen-bond acceptors (Lipinski definition) is 4. The Kier molecular flexibility index (Phi) is 11.8. The Bertz CT molecular complexity index is 576. The number of ether oxygens (including phenoxy) is 1. The molecular formula is C19H32IN5O2. The second-order valence-corrected chi connectivity index (χ2v) is 6.30. The van der Waals surface area contributed by atoms with Crippen LogP contribution >= 0.6 is 24.0 Å². The molecule has 0 spiro atoms. The van der Waals surface area contributed by atoms with Crippen molar-refractivity contribution in [1.82, 2.24) is 16.0 Å². The quantitative estimate of drug-likeness (QED) is 0.165. The molecule has 1 amide bonds. The maximum absolute atomic E-state index is 11.6. The molecule has 1 aliphatic rings. The van der Waals surface area contributed by atoms with Crippen LogP contribution in [0.5, 0.6) is 0 Å². The van der Waals surface area contributed by atoms with E-state index in [1.165, 1.54) is 0 Å². The molecule has 152 valence electrons. The van der Waals surface area contributed by atoms with Crippen LogP contribution < -0.4 is 21.3 Å². The topological polar surface area (TPSA) is 86.8 Å². The zero-order chi connectivity index (χ0) is 18.6. The molecule has 1 aliphatic carbocycles. The molecule has 7 nitrogen and oxygen atoms in total. The highest BCUT2D eigenvalue weighted by Gasteiger charge is 2.28. The summed E-state index contributed by atoms with van der Waals surface area (Å²) in [7, 11) is 1.69. The number of nitrogens with zero attached hydrogens (tertiary/aromatic N) is 1. The Morgan fingerprint density at radius 3 is 2.44 bits per heavy atom. The van der Waals surface area contributed by atoms with Crippen molar-refractivity contribution in [2.24, 2.45) is 10.9 Å². The van der Waals surface area contributed by atoms with E-state index in [4.69, 9.17) is 4.74 Å². The van der Waals surface area contributed by atoms with Crippen LogP contribution in [-0.2, 0) is 16.1 Å². The summed E-state index contributed by atoms with van der Waals surface area (Å²) in [5, 5.41) is 12.7. The van der Waals surface area contributed by atoms with Crippen molar-refractivity contribution in [1.29, 1.82) is 0 Å². The number of rotatable bonds is 11. The first-order valence-electron chi connectivity index (χ1n) is 9.34. The smallest absolute Gasteiger partial charge is 0.223 e. The molecule has 0 saturated heterocycles. The molecule has 1 aromatic rings. The van der Waals surface area contributed by atoms with E-state index in [1.54, 1.807) is 7.11 Å². The van der Waals surface area contributed by atoms with Crippen molar-refractivity contribution in [2.45, 2.75) is 26.3 Å². The number of carbonyl (C=O) groups excluding carboxylic acids is 1. The zero-order valence-corrected chi connectivity index (χ0v) is 18.5. The van der Waals surface area contributed by atoms with Gasteiger partial charge in [0, 0.05) is 44.9 Å². The number of aliphatic imine (C=N–C) groups is 1. The third-order valence-electron chi connectivity index (χ3n) is 4.02. The first kappa shape index (κ1) is 23.5. The maximum atomic E-state index is 11.6. The molecule has 0 atom stereocenters. The highest BCUT2D eigenvalue weighted by Crippen LogP contribution is 2.28. The predicted octanol–water partition coefficient (Wildman–Crippen LogP) is 1.94. The Hall–Kier alpha value is -1.55. The molecule has 1 fully saturated rings. The van der Waals surface area contributed by atoms with E-state index in [1.807, 2.05) is 19.1 Å². The van der Waals surface area contributed by atoms with Gasteiger partial charge in [-0.2, -0.15) is 0 Å². The Balaban J connectivity index is 0.00000364. The SMILES string of the molecule is CCNC(=NCc1ccc(NCCOC)cc1)NCCNC(=O)C1CC1.I. The van der Waals surface area contributed by atoms with Crippen molar-refractivity contribution in [2.75, 3.05) is 45.2 Å². The van der Waals surface area contributed by atoms with Gasteiger partial charge in [-0.1, -0.05) is 12.1 Å². The summed E-state index contributed by atoms with van der Waals surface area (Å²) in [5.41, 5.74) is 2.22. The number of nitrogens with one attached hydrogen (secondary N) is 4. The largest absolute Gasteiger partial charge is 0.383 e. The van der Waals surface area contributed by atoms with E-state index in [9.17, 15) is 4.79 Å². The molecule has 2 rings (SSSR count). The van der Waals surface area contributed by atoms with Crippen LogP contribution in [0.3, 0.4) is 0 Å². The molecule has 27 heavy (non-hydrogen) atoms. The molecule has 1 saturated carbocycles. The summed E-state index contributed by atoms with van der Waals surface area (Å²) in [5.74, 6) is 1.19. The van der Waals surface area contributed by atoms with Crippen molar-refractivity contribution in [3.05, 3.63) is 29.8 Å². The number of anilines is 1. The minimum Gasteiger partial charge on any atom is -0.383 e. The monoisotopic (exact) mass is 489 g/mol. The van der Waals surface area contributed by atoms with E-state index in [-0.39, 0.29) is 35.8 Å². The molecular weight excluding hydrogens is 457 g/mol. The second-order valence-electron chi connectivity index (χ2n) is 6.30. The number of hydrogen-bond donors (Lipinski definition) is 4. The minimum atomic E-state index is 0. The Morgan fingerprint density at radius 2 is 1.81 bits per heavy atom. The highest BCUT2D eigenvalue weighted by molar-refractivity contribution is 14.0. The van der Waals surface area contributed by atoms with Gasteiger partial charge in [0.2, 0.25) is 5.91 Å². The fourth-order valence-electron chi connectivity index (χ4n) is 2.39. The summed E-state index contributed by atoms with van der Waals surface area (Å²) < 4.78 is 5.03. The normalized spacial score (nSPS) is 13.5. The van der Waals surface area contributed by atoms with E-state index in [2.05, 4.69) is 38.4 Å². The number of guanidine groups is 1. The van der Waals surface area contributed by atoms with Crippen molar-refractivity contribution < 1.29 is 9.53 Å². The van der Waals surface area contributed by atoms with Gasteiger partial charge < -0.3 is 26.0 Å². The first-order chi connectivity index (χ1) is 12.7. The van der Waals surface area contributed by atoms with Crippen LogP contribution in [-0.4, -0.2) is 51.8 Å². The molecule has 0 aliphatic heterocycles. The number of methoxy groups -OCH3 is 1. The van der Waals surface area contributed by atoms with Crippen LogP contribution in [0.15, 0.2) is 29.3 Å². The molecule has 8 heteroatoms. The predicted molar refractivity (Wildman–Crippen MR) is 121 cm³/mol. The number of carbonyl (C=O) groups is 1. The lowest BCUT2D eigenvalue weighted by Crippen LogP contribution is -2.41. The van der Waals surface area contributed by atoms with Crippen LogP contribution in [0.4, 0.5) is 5.69 Å². The Morgan fingerprint density at radius 1 is 1.11 bits per heavy atom. The van der Waals surface area contributed by atoms with E-state index in [0.29, 0.717) is 26.2 Å². The van der Waals surface area contributed by atoms with Crippen molar-refractivity contribution >= 4 is 41.5 Å². The van der Waals surface area contributed by atoms with E-state index in [0.717, 1.165) is 43.1 Å². The summed E-state index contributed by atoms with van der Waals surface area (Å²) >= 11 is 0. The lowest BCUT2D eigenvalue weighted by Gasteiger charge is -2.12. The lowest BCUT2D eigenvalue weighted by molar-refractivity contribution is -0.122. The maximum Gasteiger partial charge on any atom is 0.223 e. The first-order valence-corrected chi connectivity index (χ1v) is 9.34. The second kappa shape index (κ2) is 13.6. The lowest BCUT2D eigenvalue weighted by atomic mass is 10.2. The van der Waals surface area contributed by atoms with Gasteiger partial charge in [0.05, 0.1) is 13.2 Å². The van der Waals surface area contributed by atoms with Gasteiger partial charge in [-0.05, 0) is 37.5 Å². The number of amides is 1. The van der Waals surface area contributed by atoms with Crippen LogP contribution in [0.2, 0.25) is 0 Å². The van der Waals surface area contributed by atoms with Crippen LogP contribution in [0.1, 0.15) is 25.3 Å². The van der Waals surface area contributed by atoms with Gasteiger partial charge >= 0.3 is 0 Å². The van der Waals surface area contributed by atoms with Gasteiger partial charge in [0.15, 0.2) is 5.96 Å². The zero-order valence-electron chi connectivity index (χ0n) is 16.2. The summed E-state index contributed by atoms with van der Waals surface area (Å²) in [6.45, 7) is 6.18. The summed E-state index contributed by atoms with van der Waals surface area (Å²) in [6, 6.07) is 8.23. The molecule has 0 aromatic heterocycles. The van der Waals surface area contributed by atoms with Crippen molar-refractivity contribution in [3.63, 3.8) is 0 Å². The van der Waals surface area contributed by atoms with E-state index < -0.39 is 0 Å². The fourth-order valence-corrected chi connectivity index (χ4v) is 2.39. The van der Waals surface area contributed by atoms with E-state index >= 15 is 0 Å². The van der Waals surface area contributed by atoms with Crippen molar-refractivity contribution in [3.8, 4) is 0 Å². The van der Waals surface area contributed by atoms with Gasteiger partial charge in [-0.25, -0.2) is 4.99 Å². The molecule has 1 aromatic carbocycles. The Labute approximate surface area is 179 Å². The average molecular weight is 489 g/mol. The summed E-state index contributed by atoms with van der Waals surface area (Å²) in [6.07, 6.45) is 2.06. The van der Waals surface area contributed by atoms with Gasteiger partial charge in [0.1, 0.15) is 0 Å². The molecule has 0 unspecified atom stereocenters. The minimum absolute atomic E-state index is 0. The average Bonchev–Trinajstić information content (AvgIpc) is 3.49. The molecule has 4 N–H and O–H groups in total. The van der Waals surface area contributed by atoms with Crippen LogP contribution in [0, 0.1) is 5.92 Å². The molecule has 0 radical (unpaired) electrons. The van der Waals surface area contributed by atoms with Gasteiger partial charge in [0.25, 0.3) is 0 Å². The molecule has 0 heterocycles. The summed E-state index contributed by atoms with van der Waals surface area (Å²) in [4.78, 5) is 16.2. The fraction of sp³-hybridized carbons (Fsp3) is 0.579.